The van der Waals surface area contributed by atoms with Crippen LogP contribution in [-0.2, 0) is 23.4 Å². The van der Waals surface area contributed by atoms with Crippen molar-refractivity contribution in [3.05, 3.63) is 0 Å². The Kier molecular flexibility index (Phi) is 5.73. The van der Waals surface area contributed by atoms with Gasteiger partial charge < -0.3 is 20.4 Å². The first-order valence-electron chi connectivity index (χ1n) is 4.74. The third-order valence-electron chi connectivity index (χ3n) is 2.31. The van der Waals surface area contributed by atoms with Crippen LogP contribution in [0.3, 0.4) is 0 Å². The Labute approximate surface area is 102 Å². The third kappa shape index (κ3) is 3.30. The number of nitrogens with two attached hydrogens (primary N) is 2. The van der Waals surface area contributed by atoms with Crippen LogP contribution in [0.15, 0.2) is 0 Å². The van der Waals surface area contributed by atoms with E-state index in [4.69, 9.17) is 9.84 Å². The Hall–Kier alpha value is -0.0100. The summed E-state index contributed by atoms with van der Waals surface area (Å²) < 4.78 is 17.1. The number of hydrogen-bond acceptors (Lipinski definition) is 10. The molecule has 0 amide bonds. The summed E-state index contributed by atoms with van der Waals surface area (Å²) in [5.74, 6) is 9.23. The van der Waals surface area contributed by atoms with Crippen molar-refractivity contribution < 1.29 is 43.8 Å². The van der Waals surface area contributed by atoms with Gasteiger partial charge in [-0.05, 0) is 0 Å². The molecule has 8 N–H and O–H groups in total. The number of hydrogen-bond donors (Lipinski definition) is 6. The number of aliphatic hydroxyl groups is 4. The molecule has 12 heteroatoms. The van der Waals surface area contributed by atoms with E-state index in [1.54, 1.807) is 0 Å². The van der Waals surface area contributed by atoms with Gasteiger partial charge >= 0.3 is 14.5 Å². The summed E-state index contributed by atoms with van der Waals surface area (Å²) in [4.78, 5) is 11.4. The summed E-state index contributed by atoms with van der Waals surface area (Å²) >= 11 is 0. The van der Waals surface area contributed by atoms with Gasteiger partial charge in [0.1, 0.15) is 0 Å². The molecular weight excluding hydrogens is 275 g/mol. The molecule has 0 bridgehead atoms. The minimum atomic E-state index is -4.34. The standard InChI is InChI=1S/C6H15N2O9P/c7-16-18(13,17-8)15-6-4(12)3(11)5(14-6)2(10)1-9/h2-6,9-12H,1,7-8H2/q+2/t2-,3-,4-,5+,6+/m1/s1. The van der Waals surface area contributed by atoms with Crippen molar-refractivity contribution >= 4 is 8.17 Å². The van der Waals surface area contributed by atoms with Crippen molar-refractivity contribution in [1.29, 1.82) is 0 Å². The smallest absolute Gasteiger partial charge is 0.393 e. The second-order valence-corrected chi connectivity index (χ2v) is 4.99. The lowest BCUT2D eigenvalue weighted by Gasteiger charge is -2.09. The highest BCUT2D eigenvalue weighted by atomic mass is 31.2. The van der Waals surface area contributed by atoms with Crippen LogP contribution in [0.2, 0.25) is 0 Å². The Balaban J connectivity index is 2.69. The van der Waals surface area contributed by atoms with Crippen LogP contribution in [0, 0.1) is 0 Å². The van der Waals surface area contributed by atoms with E-state index in [0.717, 1.165) is 0 Å². The molecule has 0 unspecified atom stereocenters. The summed E-state index contributed by atoms with van der Waals surface area (Å²) in [6.45, 7) is -0.723. The van der Waals surface area contributed by atoms with Gasteiger partial charge in [-0.3, -0.25) is 0 Å². The summed E-state index contributed by atoms with van der Waals surface area (Å²) in [5, 5.41) is 37.0. The molecule has 0 aromatic rings. The second kappa shape index (κ2) is 6.43. The highest BCUT2D eigenvalue weighted by Crippen LogP contribution is 2.58. The number of rotatable bonds is 6. The van der Waals surface area contributed by atoms with E-state index in [0.29, 0.717) is 0 Å². The van der Waals surface area contributed by atoms with Crippen LogP contribution in [-0.4, -0.2) is 57.7 Å². The number of ether oxygens (including phenoxy) is 1. The van der Waals surface area contributed by atoms with E-state index >= 15 is 0 Å². The van der Waals surface area contributed by atoms with Gasteiger partial charge in [-0.1, -0.05) is 18.5 Å². The van der Waals surface area contributed by atoms with Gasteiger partial charge in [-0.15, -0.1) is 0 Å². The van der Waals surface area contributed by atoms with Crippen molar-refractivity contribution in [2.75, 3.05) is 6.61 Å². The highest BCUT2D eigenvalue weighted by Gasteiger charge is 2.65. The predicted octanol–water partition coefficient (Wildman–Crippen LogP) is -3.31. The maximum Gasteiger partial charge on any atom is 0.653 e. The molecular formula is C6H15N2O9P+2. The topological polar surface area (TPSA) is 192 Å². The van der Waals surface area contributed by atoms with Gasteiger partial charge in [0.05, 0.1) is 11.5 Å². The first kappa shape index (κ1) is 16.0. The molecule has 1 fully saturated rings. The third-order valence-corrected chi connectivity index (χ3v) is 3.30. The van der Waals surface area contributed by atoms with E-state index in [9.17, 15) is 20.2 Å². The number of aliphatic hydroxyl groups excluding tert-OH is 4. The van der Waals surface area contributed by atoms with Crippen molar-refractivity contribution in [2.45, 2.75) is 30.7 Å². The Morgan fingerprint density at radius 3 is 2.28 bits per heavy atom. The van der Waals surface area contributed by atoms with Crippen LogP contribution in [0.4, 0.5) is 0 Å². The van der Waals surface area contributed by atoms with Gasteiger partial charge in [0.15, 0.2) is 18.3 Å². The lowest BCUT2D eigenvalue weighted by molar-refractivity contribution is -0.155. The molecule has 1 saturated heterocycles. The fourth-order valence-electron chi connectivity index (χ4n) is 1.38. The maximum atomic E-state index is 11.4. The Morgan fingerprint density at radius 1 is 1.28 bits per heavy atom. The average molecular weight is 290 g/mol. The summed E-state index contributed by atoms with van der Waals surface area (Å²) in [6.07, 6.45) is -7.74. The fraction of sp³-hybridized carbons (Fsp3) is 1.00. The molecule has 1 heterocycles. The molecule has 1 rings (SSSR count). The van der Waals surface area contributed by atoms with E-state index in [-0.39, 0.29) is 0 Å². The van der Waals surface area contributed by atoms with Crippen molar-refractivity contribution in [3.63, 3.8) is 0 Å². The molecule has 0 saturated carbocycles. The summed E-state index contributed by atoms with van der Waals surface area (Å²) in [5.41, 5.74) is 0. The quantitative estimate of drug-likeness (QED) is 0.164. The van der Waals surface area contributed by atoms with Gasteiger partial charge in [-0.25, -0.2) is 0 Å². The van der Waals surface area contributed by atoms with Crippen LogP contribution in [0.1, 0.15) is 0 Å². The summed E-state index contributed by atoms with van der Waals surface area (Å²) in [6, 6.07) is 0. The lowest BCUT2D eigenvalue weighted by Crippen LogP contribution is -2.40. The van der Waals surface area contributed by atoms with Crippen LogP contribution in [0.25, 0.3) is 0 Å². The second-order valence-electron chi connectivity index (χ2n) is 3.46. The minimum Gasteiger partial charge on any atom is -0.393 e. The largest absolute Gasteiger partial charge is 0.653 e. The molecule has 18 heavy (non-hydrogen) atoms. The van der Waals surface area contributed by atoms with Gasteiger partial charge in [-0.2, -0.15) is 11.8 Å². The molecule has 0 aromatic carbocycles. The molecule has 0 spiro atoms. The average Bonchev–Trinajstić information content (AvgIpc) is 2.66. The van der Waals surface area contributed by atoms with E-state index in [1.807, 2.05) is 0 Å². The molecule has 1 aliphatic rings. The molecule has 0 aromatic heterocycles. The SMILES string of the molecule is NO[P+]([O])(ON)O[C@@H]1[O+][C@@H]([C@H](O)CO)[C@H](O)[C@H]1O. The van der Waals surface area contributed by atoms with E-state index < -0.39 is 45.5 Å². The zero-order valence-corrected chi connectivity index (χ0v) is 9.92. The van der Waals surface area contributed by atoms with E-state index in [1.165, 1.54) is 0 Å². The zero-order chi connectivity index (χ0) is 13.9. The first-order valence-corrected chi connectivity index (χ1v) is 6.20. The summed E-state index contributed by atoms with van der Waals surface area (Å²) in [7, 11) is -4.34. The normalized spacial score (nSPS) is 34.8. The van der Waals surface area contributed by atoms with Crippen LogP contribution < -0.4 is 11.8 Å². The molecule has 0 aliphatic carbocycles. The molecule has 11 nitrogen and oxygen atoms in total. The Bertz CT molecular complexity index is 267. The molecule has 1 aliphatic heterocycles. The monoisotopic (exact) mass is 290 g/mol. The Morgan fingerprint density at radius 2 is 1.83 bits per heavy atom. The van der Waals surface area contributed by atoms with E-state index in [2.05, 4.69) is 25.6 Å². The van der Waals surface area contributed by atoms with Crippen molar-refractivity contribution in [1.82, 2.24) is 0 Å². The highest BCUT2D eigenvalue weighted by molar-refractivity contribution is 7.55. The zero-order valence-electron chi connectivity index (χ0n) is 9.03. The predicted molar refractivity (Wildman–Crippen MR) is 53.0 cm³/mol. The van der Waals surface area contributed by atoms with Crippen molar-refractivity contribution in [3.8, 4) is 0 Å². The maximum absolute atomic E-state index is 11.4. The lowest BCUT2D eigenvalue weighted by atomic mass is 10.1. The fourth-order valence-corrected chi connectivity index (χ4v) is 1.96. The van der Waals surface area contributed by atoms with Crippen LogP contribution >= 0.6 is 8.17 Å². The molecule has 106 valence electrons. The first-order chi connectivity index (χ1) is 8.38. The molecule has 2 radical (unpaired) electrons. The van der Waals surface area contributed by atoms with Crippen molar-refractivity contribution in [2.24, 2.45) is 11.8 Å². The van der Waals surface area contributed by atoms with Crippen LogP contribution in [0.5, 0.6) is 0 Å². The minimum absolute atomic E-state index is 0.723. The molecule has 5 atom stereocenters. The van der Waals surface area contributed by atoms with Gasteiger partial charge in [0, 0.05) is 0 Å². The van der Waals surface area contributed by atoms with Gasteiger partial charge in [0.25, 0.3) is 6.10 Å². The van der Waals surface area contributed by atoms with Gasteiger partial charge in [0.2, 0.25) is 0 Å².